The molecule has 3 rings (SSSR count). The molecule has 110 valence electrons. The van der Waals surface area contributed by atoms with E-state index in [0.29, 0.717) is 5.76 Å². The maximum absolute atomic E-state index is 12.5. The maximum atomic E-state index is 12.5. The largest absolute Gasteiger partial charge is 0.497 e. The summed E-state index contributed by atoms with van der Waals surface area (Å²) < 4.78 is 16.1. The molecule has 1 fully saturated rings. The summed E-state index contributed by atoms with van der Waals surface area (Å²) in [5, 5.41) is 0. The summed E-state index contributed by atoms with van der Waals surface area (Å²) in [5.74, 6) is 1.36. The summed E-state index contributed by atoms with van der Waals surface area (Å²) in [5.41, 5.74) is -0.116. The summed E-state index contributed by atoms with van der Waals surface area (Å²) in [7, 11) is 3.15. The van der Waals surface area contributed by atoms with Crippen LogP contribution in [-0.4, -0.2) is 25.7 Å². The molecule has 0 radical (unpaired) electrons. The fourth-order valence-corrected chi connectivity index (χ4v) is 2.71. The molecular weight excluding hydrogens is 270 g/mol. The number of anilines is 1. The lowest BCUT2D eigenvalue weighted by Gasteiger charge is -2.52. The van der Waals surface area contributed by atoms with Crippen LogP contribution in [0.2, 0.25) is 0 Å². The number of ether oxygens (including phenoxy) is 2. The average Bonchev–Trinajstić information content (AvgIpc) is 3.04. The Kier molecular flexibility index (Phi) is 3.22. The standard InChI is InChI=1S/C16H17NO4/c1-16(20-3)14(13-5-4-10-21-13)17(15(16)18)11-6-8-12(19-2)9-7-11/h4-10,14H,1-3H3/t14?,16-/m0/s1. The Morgan fingerprint density at radius 3 is 2.43 bits per heavy atom. The first-order valence-electron chi connectivity index (χ1n) is 6.68. The second-order valence-corrected chi connectivity index (χ2v) is 5.10. The average molecular weight is 287 g/mol. The van der Waals surface area contributed by atoms with Crippen molar-refractivity contribution in [2.45, 2.75) is 18.6 Å². The highest BCUT2D eigenvalue weighted by molar-refractivity contribution is 6.08. The van der Waals surface area contributed by atoms with Crippen molar-refractivity contribution in [1.82, 2.24) is 0 Å². The molecule has 1 aliphatic heterocycles. The van der Waals surface area contributed by atoms with Gasteiger partial charge in [0.15, 0.2) is 5.60 Å². The highest BCUT2D eigenvalue weighted by atomic mass is 16.5. The van der Waals surface area contributed by atoms with E-state index in [0.717, 1.165) is 11.4 Å². The Morgan fingerprint density at radius 1 is 1.19 bits per heavy atom. The fourth-order valence-electron chi connectivity index (χ4n) is 2.71. The smallest absolute Gasteiger partial charge is 0.262 e. The van der Waals surface area contributed by atoms with Crippen molar-refractivity contribution in [1.29, 1.82) is 0 Å². The van der Waals surface area contributed by atoms with E-state index in [1.54, 1.807) is 38.4 Å². The number of β-lactam (4-membered cyclic amide) rings is 1. The summed E-state index contributed by atoms with van der Waals surface area (Å²) in [4.78, 5) is 14.2. The number of rotatable bonds is 4. The number of methoxy groups -OCH3 is 2. The van der Waals surface area contributed by atoms with Gasteiger partial charge in [0, 0.05) is 12.8 Å². The molecule has 5 nitrogen and oxygen atoms in total. The van der Waals surface area contributed by atoms with Gasteiger partial charge in [-0.2, -0.15) is 0 Å². The first-order valence-corrected chi connectivity index (χ1v) is 6.68. The third kappa shape index (κ3) is 1.93. The number of carbonyl (C=O) groups is 1. The number of carbonyl (C=O) groups excluding carboxylic acids is 1. The number of hydrogen-bond acceptors (Lipinski definition) is 4. The minimum absolute atomic E-state index is 0.0865. The van der Waals surface area contributed by atoms with Gasteiger partial charge in [-0.1, -0.05) is 0 Å². The lowest BCUT2D eigenvalue weighted by molar-refractivity contribution is -0.157. The zero-order chi connectivity index (χ0) is 15.0. The van der Waals surface area contributed by atoms with E-state index in [4.69, 9.17) is 13.9 Å². The van der Waals surface area contributed by atoms with Gasteiger partial charge in [-0.15, -0.1) is 0 Å². The van der Waals surface area contributed by atoms with E-state index in [1.165, 1.54) is 0 Å². The predicted octanol–water partition coefficient (Wildman–Crippen LogP) is 2.78. The lowest BCUT2D eigenvalue weighted by Crippen LogP contribution is -2.68. The van der Waals surface area contributed by atoms with E-state index in [-0.39, 0.29) is 11.9 Å². The molecule has 1 aliphatic rings. The Bertz CT molecular complexity index is 635. The van der Waals surface area contributed by atoms with E-state index >= 15 is 0 Å². The second-order valence-electron chi connectivity index (χ2n) is 5.10. The van der Waals surface area contributed by atoms with Crippen molar-refractivity contribution in [3.8, 4) is 5.75 Å². The Morgan fingerprint density at radius 2 is 1.90 bits per heavy atom. The normalized spacial score (nSPS) is 24.8. The van der Waals surface area contributed by atoms with Crippen molar-refractivity contribution in [2.75, 3.05) is 19.1 Å². The van der Waals surface area contributed by atoms with Gasteiger partial charge >= 0.3 is 0 Å². The van der Waals surface area contributed by atoms with E-state index in [9.17, 15) is 4.79 Å². The van der Waals surface area contributed by atoms with Crippen LogP contribution in [0.3, 0.4) is 0 Å². The number of benzene rings is 1. The Balaban J connectivity index is 1.98. The predicted molar refractivity (Wildman–Crippen MR) is 77.3 cm³/mol. The molecule has 1 aromatic heterocycles. The number of amides is 1. The molecule has 0 saturated carbocycles. The van der Waals surface area contributed by atoms with Gasteiger partial charge in [-0.05, 0) is 43.3 Å². The summed E-state index contributed by atoms with van der Waals surface area (Å²) in [6, 6.07) is 10.7. The quantitative estimate of drug-likeness (QED) is 0.811. The summed E-state index contributed by atoms with van der Waals surface area (Å²) >= 11 is 0. The lowest BCUT2D eigenvalue weighted by atomic mass is 9.81. The van der Waals surface area contributed by atoms with Crippen LogP contribution in [0.15, 0.2) is 47.1 Å². The topological polar surface area (TPSA) is 51.9 Å². The van der Waals surface area contributed by atoms with Gasteiger partial charge in [0.25, 0.3) is 5.91 Å². The molecule has 2 atom stereocenters. The van der Waals surface area contributed by atoms with Gasteiger partial charge in [0.05, 0.1) is 13.4 Å². The molecule has 0 aliphatic carbocycles. The van der Waals surface area contributed by atoms with Crippen LogP contribution in [-0.2, 0) is 9.53 Å². The highest BCUT2D eigenvalue weighted by Gasteiger charge is 2.60. The minimum atomic E-state index is -0.905. The molecule has 5 heteroatoms. The zero-order valence-corrected chi connectivity index (χ0v) is 12.2. The van der Waals surface area contributed by atoms with Gasteiger partial charge in [-0.25, -0.2) is 0 Å². The van der Waals surface area contributed by atoms with Gasteiger partial charge in [0.2, 0.25) is 0 Å². The molecule has 1 aromatic carbocycles. The van der Waals surface area contributed by atoms with Crippen LogP contribution in [0.4, 0.5) is 5.69 Å². The molecule has 0 bridgehead atoms. The van der Waals surface area contributed by atoms with Crippen LogP contribution in [0.25, 0.3) is 0 Å². The first kappa shape index (κ1) is 13.7. The van der Waals surface area contributed by atoms with Crippen molar-refractivity contribution in [3.63, 3.8) is 0 Å². The molecule has 1 unspecified atom stereocenters. The van der Waals surface area contributed by atoms with Gasteiger partial charge < -0.3 is 13.9 Å². The maximum Gasteiger partial charge on any atom is 0.262 e. The Hall–Kier alpha value is -2.27. The van der Waals surface area contributed by atoms with Crippen molar-refractivity contribution >= 4 is 11.6 Å². The highest BCUT2D eigenvalue weighted by Crippen LogP contribution is 2.48. The second kappa shape index (κ2) is 4.93. The molecule has 1 saturated heterocycles. The van der Waals surface area contributed by atoms with E-state index < -0.39 is 5.60 Å². The fraction of sp³-hybridized carbons (Fsp3) is 0.312. The van der Waals surface area contributed by atoms with Gasteiger partial charge in [-0.3, -0.25) is 9.69 Å². The molecule has 0 spiro atoms. The van der Waals surface area contributed by atoms with Crippen LogP contribution in [0.5, 0.6) is 5.75 Å². The molecular formula is C16H17NO4. The monoisotopic (exact) mass is 287 g/mol. The van der Waals surface area contributed by atoms with Crippen LogP contribution in [0, 0.1) is 0 Å². The number of nitrogens with zero attached hydrogens (tertiary/aromatic N) is 1. The molecule has 0 N–H and O–H groups in total. The SMILES string of the molecule is COc1ccc(N2C(=O)[C@@](C)(OC)C2c2ccco2)cc1. The van der Waals surface area contributed by atoms with E-state index in [2.05, 4.69) is 0 Å². The molecule has 21 heavy (non-hydrogen) atoms. The van der Waals surface area contributed by atoms with Crippen LogP contribution < -0.4 is 9.64 Å². The van der Waals surface area contributed by atoms with Crippen LogP contribution >= 0.6 is 0 Å². The third-order valence-corrected chi connectivity index (χ3v) is 4.01. The van der Waals surface area contributed by atoms with Crippen LogP contribution in [0.1, 0.15) is 18.7 Å². The van der Waals surface area contributed by atoms with Gasteiger partial charge in [0.1, 0.15) is 17.6 Å². The summed E-state index contributed by atoms with van der Waals surface area (Å²) in [6.45, 7) is 1.78. The summed E-state index contributed by atoms with van der Waals surface area (Å²) in [6.07, 6.45) is 1.60. The third-order valence-electron chi connectivity index (χ3n) is 4.01. The minimum Gasteiger partial charge on any atom is -0.497 e. The van der Waals surface area contributed by atoms with Crippen molar-refractivity contribution in [3.05, 3.63) is 48.4 Å². The van der Waals surface area contributed by atoms with Crippen molar-refractivity contribution < 1.29 is 18.7 Å². The number of furan rings is 1. The first-order chi connectivity index (χ1) is 10.1. The Labute approximate surface area is 123 Å². The van der Waals surface area contributed by atoms with Crippen molar-refractivity contribution in [2.24, 2.45) is 0 Å². The molecule has 1 amide bonds. The number of hydrogen-bond donors (Lipinski definition) is 0. The van der Waals surface area contributed by atoms with E-state index in [1.807, 2.05) is 30.3 Å². The molecule has 2 heterocycles. The molecule has 2 aromatic rings. The zero-order valence-electron chi connectivity index (χ0n) is 12.2.